The number of carbonyl (C=O) groups excluding carboxylic acids is 1. The lowest BCUT2D eigenvalue weighted by molar-refractivity contribution is 0.0761. The number of hydrogen-bond acceptors (Lipinski definition) is 8. The summed E-state index contributed by atoms with van der Waals surface area (Å²) in [5, 5.41) is 2.90. The molecule has 0 aliphatic rings. The summed E-state index contributed by atoms with van der Waals surface area (Å²) in [4.78, 5) is 26.7. The topological polar surface area (TPSA) is 107 Å². The second-order valence-corrected chi connectivity index (χ2v) is 8.97. The molecule has 1 heterocycles. The molecule has 38 heavy (non-hydrogen) atoms. The summed E-state index contributed by atoms with van der Waals surface area (Å²) < 4.78 is 10.7. The minimum Gasteiger partial charge on any atom is -0.496 e. The van der Waals surface area contributed by atoms with Gasteiger partial charge in [-0.3, -0.25) is 4.79 Å². The first-order chi connectivity index (χ1) is 18.4. The number of nitrogens with zero attached hydrogens (tertiary/aromatic N) is 1. The fraction of sp³-hybridized carbons (Fsp3) is 0.172. The van der Waals surface area contributed by atoms with Crippen molar-refractivity contribution in [2.24, 2.45) is 0 Å². The maximum atomic E-state index is 12.3. The summed E-state index contributed by atoms with van der Waals surface area (Å²) in [6.45, 7) is 3.97. The van der Waals surface area contributed by atoms with E-state index in [4.69, 9.17) is 18.8 Å². The molecule has 0 fully saturated rings. The summed E-state index contributed by atoms with van der Waals surface area (Å²) in [5.41, 5.74) is 9.04. The lowest BCUT2D eigenvalue weighted by Gasteiger charge is -2.23. The number of hydroxylamine groups is 1. The van der Waals surface area contributed by atoms with Crippen molar-refractivity contribution in [1.82, 2.24) is 10.5 Å². The third-order valence-electron chi connectivity index (χ3n) is 5.43. The van der Waals surface area contributed by atoms with Crippen LogP contribution in [0.4, 0.5) is 11.4 Å². The summed E-state index contributed by atoms with van der Waals surface area (Å²) in [5.74, 6) is 1.04. The molecule has 9 heteroatoms. The highest BCUT2D eigenvalue weighted by molar-refractivity contribution is 6.04. The quantitative estimate of drug-likeness (QED) is 0.191. The predicted octanol–water partition coefficient (Wildman–Crippen LogP) is 5.41. The van der Waals surface area contributed by atoms with E-state index in [0.717, 1.165) is 16.8 Å². The van der Waals surface area contributed by atoms with Crippen LogP contribution in [0.15, 0.2) is 89.8 Å². The van der Waals surface area contributed by atoms with Crippen molar-refractivity contribution in [2.75, 3.05) is 17.9 Å². The third kappa shape index (κ3) is 7.29. The van der Waals surface area contributed by atoms with Gasteiger partial charge in [-0.05, 0) is 62.2 Å². The van der Waals surface area contributed by atoms with E-state index < -0.39 is 5.54 Å². The van der Waals surface area contributed by atoms with Crippen LogP contribution in [-0.4, -0.2) is 23.5 Å². The zero-order valence-electron chi connectivity index (χ0n) is 21.3. The standard InChI is InChI=1S/C29H28N4O5/c1-29(2,18-21-9-11-23(12-10-21)31-28(34)22-7-5-4-6-8-22)33-38-16-15-37-32-24-13-14-25(26(17-24)35-3)27-19-30-20-36-27/h4-14,17,19-20,32-33H,18H2,1-3H3,(H,31,34). The largest absolute Gasteiger partial charge is 0.496 e. The molecule has 0 aliphatic heterocycles. The van der Waals surface area contributed by atoms with Crippen LogP contribution in [-0.2, 0) is 16.1 Å². The Labute approximate surface area is 221 Å². The smallest absolute Gasteiger partial charge is 0.255 e. The van der Waals surface area contributed by atoms with Crippen molar-refractivity contribution < 1.29 is 23.6 Å². The van der Waals surface area contributed by atoms with E-state index in [-0.39, 0.29) is 5.91 Å². The maximum Gasteiger partial charge on any atom is 0.255 e. The average molecular weight is 513 g/mol. The Hall–Kier alpha value is -4.94. The normalized spacial score (nSPS) is 10.6. The van der Waals surface area contributed by atoms with Gasteiger partial charge in [0.25, 0.3) is 5.91 Å². The van der Waals surface area contributed by atoms with Crippen molar-refractivity contribution in [3.05, 3.63) is 96.5 Å². The van der Waals surface area contributed by atoms with Crippen LogP contribution < -0.4 is 21.0 Å². The fourth-order valence-electron chi connectivity index (χ4n) is 3.64. The molecule has 4 rings (SSSR count). The summed E-state index contributed by atoms with van der Waals surface area (Å²) in [6.07, 6.45) is 8.53. The van der Waals surface area contributed by atoms with Crippen molar-refractivity contribution in [1.29, 1.82) is 0 Å². The van der Waals surface area contributed by atoms with Gasteiger partial charge in [0.15, 0.2) is 24.4 Å². The summed E-state index contributed by atoms with van der Waals surface area (Å²) in [7, 11) is 1.57. The van der Waals surface area contributed by atoms with Crippen LogP contribution in [0.3, 0.4) is 0 Å². The van der Waals surface area contributed by atoms with Crippen LogP contribution in [0.1, 0.15) is 29.8 Å². The monoisotopic (exact) mass is 512 g/mol. The van der Waals surface area contributed by atoms with E-state index in [1.54, 1.807) is 37.6 Å². The van der Waals surface area contributed by atoms with Gasteiger partial charge < -0.3 is 24.1 Å². The molecule has 0 aliphatic carbocycles. The first-order valence-corrected chi connectivity index (χ1v) is 11.8. The minimum absolute atomic E-state index is 0.147. The van der Waals surface area contributed by atoms with Gasteiger partial charge in [-0.25, -0.2) is 10.5 Å². The number of amides is 1. The molecule has 3 aromatic carbocycles. The SMILES string of the molecule is COc1cc(NOC#CONC(C)(C)Cc2ccc(NC(=O)c3ccccc3)cc2)ccc1-c1cnco1. The van der Waals surface area contributed by atoms with Crippen LogP contribution in [0.25, 0.3) is 11.3 Å². The van der Waals surface area contributed by atoms with E-state index in [1.165, 1.54) is 6.39 Å². The molecule has 0 unspecified atom stereocenters. The first-order valence-electron chi connectivity index (χ1n) is 11.8. The van der Waals surface area contributed by atoms with E-state index in [1.807, 2.05) is 62.4 Å². The highest BCUT2D eigenvalue weighted by Gasteiger charge is 2.19. The number of rotatable bonds is 10. The fourth-order valence-corrected chi connectivity index (χ4v) is 3.64. The molecule has 0 spiro atoms. The Morgan fingerprint density at radius 2 is 1.71 bits per heavy atom. The van der Waals surface area contributed by atoms with Crippen molar-refractivity contribution in [2.45, 2.75) is 25.8 Å². The molecule has 3 N–H and O–H groups in total. The van der Waals surface area contributed by atoms with Gasteiger partial charge in [0.1, 0.15) is 5.75 Å². The van der Waals surface area contributed by atoms with Gasteiger partial charge in [-0.2, -0.15) is 0 Å². The van der Waals surface area contributed by atoms with Gasteiger partial charge in [-0.15, -0.1) is 5.48 Å². The Balaban J connectivity index is 1.22. The van der Waals surface area contributed by atoms with Crippen molar-refractivity contribution in [3.63, 3.8) is 0 Å². The molecule has 194 valence electrons. The van der Waals surface area contributed by atoms with Crippen LogP contribution in [0.5, 0.6) is 5.75 Å². The van der Waals surface area contributed by atoms with E-state index in [9.17, 15) is 4.79 Å². The lowest BCUT2D eigenvalue weighted by Crippen LogP contribution is -2.40. The molecule has 0 saturated heterocycles. The summed E-state index contributed by atoms with van der Waals surface area (Å²) in [6, 6.07) is 22.1. The number of aromatic nitrogens is 1. The third-order valence-corrected chi connectivity index (χ3v) is 5.43. The number of benzene rings is 3. The van der Waals surface area contributed by atoms with Gasteiger partial charge in [-0.1, -0.05) is 30.3 Å². The lowest BCUT2D eigenvalue weighted by atomic mass is 9.96. The molecule has 0 saturated carbocycles. The van der Waals surface area contributed by atoms with Gasteiger partial charge in [0.2, 0.25) is 0 Å². The molecule has 9 nitrogen and oxygen atoms in total. The van der Waals surface area contributed by atoms with Gasteiger partial charge in [0, 0.05) is 17.3 Å². The second-order valence-electron chi connectivity index (χ2n) is 8.97. The first kappa shape index (κ1) is 26.1. The van der Waals surface area contributed by atoms with Gasteiger partial charge in [0.05, 0.1) is 30.1 Å². The number of nitrogens with one attached hydrogen (secondary N) is 3. The molecular weight excluding hydrogens is 484 g/mol. The zero-order chi connectivity index (χ0) is 26.8. The molecule has 0 atom stereocenters. The van der Waals surface area contributed by atoms with Crippen LogP contribution in [0, 0.1) is 12.2 Å². The number of anilines is 2. The molecule has 0 radical (unpaired) electrons. The van der Waals surface area contributed by atoms with E-state index in [2.05, 4.69) is 33.5 Å². The Morgan fingerprint density at radius 3 is 2.42 bits per heavy atom. The number of carbonyl (C=O) groups is 1. The van der Waals surface area contributed by atoms with Crippen LogP contribution >= 0.6 is 0 Å². The Bertz CT molecular complexity index is 1390. The zero-order valence-corrected chi connectivity index (χ0v) is 21.3. The number of ether oxygens (including phenoxy) is 1. The maximum absolute atomic E-state index is 12.3. The molecular formula is C29H28N4O5. The minimum atomic E-state index is -0.416. The Kier molecular flexibility index (Phi) is 8.49. The van der Waals surface area contributed by atoms with Crippen molar-refractivity contribution in [3.8, 4) is 29.3 Å². The predicted molar refractivity (Wildman–Crippen MR) is 144 cm³/mol. The highest BCUT2D eigenvalue weighted by Crippen LogP contribution is 2.32. The van der Waals surface area contributed by atoms with E-state index >= 15 is 0 Å². The van der Waals surface area contributed by atoms with E-state index in [0.29, 0.717) is 29.2 Å². The van der Waals surface area contributed by atoms with Crippen molar-refractivity contribution >= 4 is 17.3 Å². The molecule has 0 bridgehead atoms. The molecule has 1 aromatic heterocycles. The molecule has 1 amide bonds. The number of hydrogen-bond donors (Lipinski definition) is 3. The number of methoxy groups -OCH3 is 1. The van der Waals surface area contributed by atoms with Crippen LogP contribution in [0.2, 0.25) is 0 Å². The van der Waals surface area contributed by atoms with Gasteiger partial charge >= 0.3 is 0 Å². The second kappa shape index (κ2) is 12.3. The Morgan fingerprint density at radius 1 is 0.974 bits per heavy atom. The number of oxazole rings is 1. The average Bonchev–Trinajstić information content (AvgIpc) is 3.47. The summed E-state index contributed by atoms with van der Waals surface area (Å²) >= 11 is 0. The molecule has 4 aromatic rings. The highest BCUT2D eigenvalue weighted by atomic mass is 16.7.